The van der Waals surface area contributed by atoms with Crippen molar-refractivity contribution >= 4 is 22.4 Å². The Bertz CT molecular complexity index is 703. The van der Waals surface area contributed by atoms with Crippen molar-refractivity contribution in [3.8, 4) is 11.1 Å². The van der Waals surface area contributed by atoms with Crippen molar-refractivity contribution in [3.05, 3.63) is 42.7 Å². The van der Waals surface area contributed by atoms with Crippen LogP contribution in [0.15, 0.2) is 36.9 Å². The van der Waals surface area contributed by atoms with E-state index in [1.807, 2.05) is 29.9 Å². The van der Waals surface area contributed by atoms with Crippen LogP contribution in [0.5, 0.6) is 0 Å². The van der Waals surface area contributed by atoms with Gasteiger partial charge in [-0.15, -0.1) is 0 Å². The lowest BCUT2D eigenvalue weighted by Gasteiger charge is -2.07. The van der Waals surface area contributed by atoms with E-state index in [1.54, 1.807) is 18.6 Å². The van der Waals surface area contributed by atoms with Crippen LogP contribution in [0.3, 0.4) is 0 Å². The minimum absolute atomic E-state index is 0.519. The molecule has 102 valence electrons. The lowest BCUT2D eigenvalue weighted by Crippen LogP contribution is -2.05. The topological polar surface area (TPSA) is 81.7 Å². The van der Waals surface area contributed by atoms with Crippen LogP contribution in [0.25, 0.3) is 11.1 Å². The third-order valence-corrected chi connectivity index (χ3v) is 3.82. The second-order valence-corrected chi connectivity index (χ2v) is 5.09. The van der Waals surface area contributed by atoms with Gasteiger partial charge in [0.25, 0.3) is 0 Å². The quantitative estimate of drug-likeness (QED) is 0.768. The molecule has 0 amide bonds. The van der Waals surface area contributed by atoms with E-state index in [0.29, 0.717) is 12.4 Å². The van der Waals surface area contributed by atoms with Crippen molar-refractivity contribution in [1.82, 2.24) is 18.9 Å². The molecule has 3 N–H and O–H groups in total. The highest BCUT2D eigenvalue weighted by molar-refractivity contribution is 7.11. The molecule has 0 saturated heterocycles. The molecule has 0 saturated carbocycles. The summed E-state index contributed by atoms with van der Waals surface area (Å²) in [4.78, 5) is 8.41. The van der Waals surface area contributed by atoms with Gasteiger partial charge < -0.3 is 15.6 Å². The van der Waals surface area contributed by atoms with Crippen molar-refractivity contribution in [2.45, 2.75) is 6.54 Å². The van der Waals surface area contributed by atoms with E-state index in [9.17, 15) is 0 Å². The van der Waals surface area contributed by atoms with Gasteiger partial charge in [0.2, 0.25) is 0 Å². The molecule has 0 radical (unpaired) electrons. The average molecular weight is 286 g/mol. The molecule has 0 spiro atoms. The summed E-state index contributed by atoms with van der Waals surface area (Å²) in [5, 5.41) is 4.27. The Balaban J connectivity index is 1.86. The summed E-state index contributed by atoms with van der Waals surface area (Å²) in [6, 6.07) is 3.86. The summed E-state index contributed by atoms with van der Waals surface area (Å²) in [6.45, 7) is 0.623. The summed E-state index contributed by atoms with van der Waals surface area (Å²) >= 11 is 1.35. The van der Waals surface area contributed by atoms with Gasteiger partial charge in [-0.05, 0) is 17.6 Å². The zero-order chi connectivity index (χ0) is 13.9. The standard InChI is InChI=1S/C13H14N6S/c1-19-6-5-16-10(19)8-17-13-11(12(14)18-20-13)9-3-2-4-15-7-9/h2-7,17H,8H2,1H3,(H2,14,18). The van der Waals surface area contributed by atoms with E-state index >= 15 is 0 Å². The predicted molar refractivity (Wildman–Crippen MR) is 80.3 cm³/mol. The molecule has 3 heterocycles. The number of nitrogens with zero attached hydrogens (tertiary/aromatic N) is 4. The fraction of sp³-hybridized carbons (Fsp3) is 0.154. The van der Waals surface area contributed by atoms with Gasteiger partial charge in [0, 0.05) is 37.4 Å². The number of hydrogen-bond acceptors (Lipinski definition) is 6. The molecular formula is C13H14N6S. The summed E-state index contributed by atoms with van der Waals surface area (Å²) in [5.41, 5.74) is 7.82. The highest BCUT2D eigenvalue weighted by Crippen LogP contribution is 2.36. The molecule has 7 heteroatoms. The summed E-state index contributed by atoms with van der Waals surface area (Å²) < 4.78 is 6.19. The van der Waals surface area contributed by atoms with E-state index in [2.05, 4.69) is 19.7 Å². The number of anilines is 2. The molecule has 0 bridgehead atoms. The normalized spacial score (nSPS) is 10.7. The second kappa shape index (κ2) is 5.30. The van der Waals surface area contributed by atoms with E-state index in [-0.39, 0.29) is 0 Å². The number of pyridine rings is 1. The van der Waals surface area contributed by atoms with Crippen LogP contribution < -0.4 is 11.1 Å². The number of hydrogen-bond donors (Lipinski definition) is 2. The second-order valence-electron chi connectivity index (χ2n) is 4.32. The third kappa shape index (κ3) is 2.35. The molecule has 0 unspecified atom stereocenters. The molecule has 0 aliphatic rings. The van der Waals surface area contributed by atoms with Gasteiger partial charge in [0.05, 0.1) is 12.1 Å². The molecule has 3 aromatic heterocycles. The number of aromatic nitrogens is 4. The van der Waals surface area contributed by atoms with Crippen LogP contribution in [0.2, 0.25) is 0 Å². The number of rotatable bonds is 4. The average Bonchev–Trinajstić information content (AvgIpc) is 3.03. The van der Waals surface area contributed by atoms with Crippen LogP contribution in [0.1, 0.15) is 5.82 Å². The van der Waals surface area contributed by atoms with Crippen molar-refractivity contribution in [1.29, 1.82) is 0 Å². The molecule has 0 aromatic carbocycles. The molecule has 3 aromatic rings. The maximum Gasteiger partial charge on any atom is 0.147 e. The van der Waals surface area contributed by atoms with Crippen LogP contribution in [0.4, 0.5) is 10.8 Å². The molecule has 20 heavy (non-hydrogen) atoms. The van der Waals surface area contributed by atoms with E-state index in [0.717, 1.165) is 22.0 Å². The van der Waals surface area contributed by atoms with Gasteiger partial charge in [-0.2, -0.15) is 4.37 Å². The lowest BCUT2D eigenvalue weighted by molar-refractivity contribution is 0.814. The highest BCUT2D eigenvalue weighted by Gasteiger charge is 2.14. The van der Waals surface area contributed by atoms with Gasteiger partial charge in [-0.1, -0.05) is 6.07 Å². The minimum Gasteiger partial charge on any atom is -0.382 e. The number of nitrogens with two attached hydrogens (primary N) is 1. The molecule has 6 nitrogen and oxygen atoms in total. The van der Waals surface area contributed by atoms with Crippen LogP contribution in [-0.4, -0.2) is 18.9 Å². The number of imidazole rings is 1. The first-order chi connectivity index (χ1) is 9.75. The number of aryl methyl sites for hydroxylation is 1. The third-order valence-electron chi connectivity index (χ3n) is 3.00. The van der Waals surface area contributed by atoms with Gasteiger partial charge in [-0.25, -0.2) is 4.98 Å². The molecule has 0 fully saturated rings. The maximum absolute atomic E-state index is 5.96. The van der Waals surface area contributed by atoms with E-state index < -0.39 is 0 Å². The Labute approximate surface area is 120 Å². The van der Waals surface area contributed by atoms with Gasteiger partial charge in [0.15, 0.2) is 0 Å². The van der Waals surface area contributed by atoms with E-state index in [1.165, 1.54) is 11.5 Å². The van der Waals surface area contributed by atoms with Gasteiger partial charge in [-0.3, -0.25) is 4.98 Å². The molecule has 0 aliphatic carbocycles. The fourth-order valence-corrected chi connectivity index (χ4v) is 2.67. The summed E-state index contributed by atoms with van der Waals surface area (Å²) in [6.07, 6.45) is 7.21. The number of nitrogen functional groups attached to an aromatic ring is 1. The zero-order valence-electron chi connectivity index (χ0n) is 10.9. The molecule has 3 rings (SSSR count). The molecular weight excluding hydrogens is 272 g/mol. The Morgan fingerprint density at radius 2 is 2.30 bits per heavy atom. The lowest BCUT2D eigenvalue weighted by atomic mass is 10.1. The monoisotopic (exact) mass is 286 g/mol. The Kier molecular flexibility index (Phi) is 3.34. The van der Waals surface area contributed by atoms with Crippen molar-refractivity contribution in [3.63, 3.8) is 0 Å². The van der Waals surface area contributed by atoms with E-state index in [4.69, 9.17) is 5.73 Å². The molecule has 0 atom stereocenters. The fourth-order valence-electron chi connectivity index (χ4n) is 1.94. The maximum atomic E-state index is 5.96. The van der Waals surface area contributed by atoms with Gasteiger partial charge >= 0.3 is 0 Å². The molecule has 0 aliphatic heterocycles. The summed E-state index contributed by atoms with van der Waals surface area (Å²) in [7, 11) is 1.97. The Morgan fingerprint density at radius 1 is 1.40 bits per heavy atom. The highest BCUT2D eigenvalue weighted by atomic mass is 32.1. The van der Waals surface area contributed by atoms with Crippen molar-refractivity contribution in [2.75, 3.05) is 11.1 Å². The Hall–Kier alpha value is -2.41. The number of nitrogens with one attached hydrogen (secondary N) is 1. The Morgan fingerprint density at radius 3 is 3.00 bits per heavy atom. The first-order valence-corrected chi connectivity index (χ1v) is 6.88. The van der Waals surface area contributed by atoms with Crippen LogP contribution >= 0.6 is 11.5 Å². The summed E-state index contributed by atoms with van der Waals surface area (Å²) in [5.74, 6) is 1.47. The first kappa shape index (κ1) is 12.6. The minimum atomic E-state index is 0.519. The zero-order valence-corrected chi connectivity index (χ0v) is 11.8. The SMILES string of the molecule is Cn1ccnc1CNc1snc(N)c1-c1cccnc1. The predicted octanol–water partition coefficient (Wildman–Crippen LogP) is 2.13. The van der Waals surface area contributed by atoms with Crippen LogP contribution in [-0.2, 0) is 13.6 Å². The van der Waals surface area contributed by atoms with Crippen molar-refractivity contribution in [2.24, 2.45) is 7.05 Å². The van der Waals surface area contributed by atoms with Crippen molar-refractivity contribution < 1.29 is 0 Å². The largest absolute Gasteiger partial charge is 0.382 e. The van der Waals surface area contributed by atoms with Gasteiger partial charge in [0.1, 0.15) is 16.6 Å². The smallest absolute Gasteiger partial charge is 0.147 e. The van der Waals surface area contributed by atoms with Crippen LogP contribution in [0, 0.1) is 0 Å². The first-order valence-electron chi connectivity index (χ1n) is 6.11.